The Morgan fingerprint density at radius 3 is 2.46 bits per heavy atom. The van der Waals surface area contributed by atoms with Crippen LogP contribution >= 0.6 is 0 Å². The summed E-state index contributed by atoms with van der Waals surface area (Å²) in [6, 6.07) is 16.4. The molecule has 5 heteroatoms. The number of nitrogens with zero attached hydrogens (tertiary/aromatic N) is 1. The first-order chi connectivity index (χ1) is 12.4. The summed E-state index contributed by atoms with van der Waals surface area (Å²) in [7, 11) is 0. The number of para-hydroxylation sites is 1. The average Bonchev–Trinajstić information content (AvgIpc) is 2.62. The fraction of sp³-hybridized carbons (Fsp3) is 0.190. The van der Waals surface area contributed by atoms with Gasteiger partial charge in [0.25, 0.3) is 5.91 Å². The minimum Gasteiger partial charge on any atom is -0.449 e. The molecule has 0 spiro atoms. The van der Waals surface area contributed by atoms with Crippen molar-refractivity contribution < 1.29 is 14.3 Å². The van der Waals surface area contributed by atoms with Crippen molar-refractivity contribution in [3.05, 3.63) is 71.4 Å². The summed E-state index contributed by atoms with van der Waals surface area (Å²) in [6.07, 6.45) is -0.920. The fourth-order valence-electron chi connectivity index (χ4n) is 2.64. The maximum atomic E-state index is 12.6. The molecule has 1 N–H and O–H groups in total. The van der Waals surface area contributed by atoms with E-state index in [1.165, 1.54) is 0 Å². The molecule has 1 amide bonds. The lowest BCUT2D eigenvalue weighted by Crippen LogP contribution is -2.30. The number of hydrogen-bond donors (Lipinski definition) is 1. The predicted octanol–water partition coefficient (Wildman–Crippen LogP) is 4.04. The number of aryl methyl sites for hydroxylation is 2. The number of amides is 1. The molecule has 0 aliphatic rings. The molecule has 3 aromatic rings. The van der Waals surface area contributed by atoms with Gasteiger partial charge in [-0.25, -0.2) is 4.79 Å². The summed E-state index contributed by atoms with van der Waals surface area (Å²) in [6.45, 7) is 5.34. The van der Waals surface area contributed by atoms with Gasteiger partial charge < -0.3 is 10.1 Å². The minimum absolute atomic E-state index is 0.378. The summed E-state index contributed by atoms with van der Waals surface area (Å²) >= 11 is 0. The van der Waals surface area contributed by atoms with Crippen molar-refractivity contribution in [1.82, 2.24) is 4.98 Å². The Bertz CT molecular complexity index is 965. The van der Waals surface area contributed by atoms with E-state index < -0.39 is 12.1 Å². The molecule has 0 aliphatic heterocycles. The van der Waals surface area contributed by atoms with E-state index in [2.05, 4.69) is 10.3 Å². The average molecular weight is 348 g/mol. The number of nitrogens with one attached hydrogen (secondary N) is 1. The highest BCUT2D eigenvalue weighted by Gasteiger charge is 2.21. The first kappa shape index (κ1) is 17.6. The number of ether oxygens (including phenoxy) is 1. The van der Waals surface area contributed by atoms with Crippen molar-refractivity contribution in [2.45, 2.75) is 26.9 Å². The monoisotopic (exact) mass is 348 g/mol. The number of esters is 1. The molecule has 0 unspecified atom stereocenters. The third kappa shape index (κ3) is 3.88. The molecular formula is C21H20N2O3. The van der Waals surface area contributed by atoms with Crippen molar-refractivity contribution in [1.29, 1.82) is 0 Å². The Morgan fingerprint density at radius 2 is 1.73 bits per heavy atom. The summed E-state index contributed by atoms with van der Waals surface area (Å²) in [5, 5.41) is 3.45. The van der Waals surface area contributed by atoms with E-state index in [1.54, 1.807) is 13.0 Å². The molecule has 0 fully saturated rings. The molecule has 0 aliphatic carbocycles. The van der Waals surface area contributed by atoms with Crippen LogP contribution in [-0.4, -0.2) is 23.0 Å². The topological polar surface area (TPSA) is 68.3 Å². The largest absolute Gasteiger partial charge is 0.449 e. The Hall–Kier alpha value is -3.21. The molecule has 0 saturated carbocycles. The quantitative estimate of drug-likeness (QED) is 0.723. The first-order valence-corrected chi connectivity index (χ1v) is 8.39. The van der Waals surface area contributed by atoms with Gasteiger partial charge in [0.15, 0.2) is 6.10 Å². The third-order valence-electron chi connectivity index (χ3n) is 4.04. The lowest BCUT2D eigenvalue weighted by molar-refractivity contribution is -0.123. The molecule has 5 nitrogen and oxygen atoms in total. The molecule has 1 atom stereocenters. The second kappa shape index (κ2) is 7.35. The molecular weight excluding hydrogens is 328 g/mol. The molecule has 1 heterocycles. The van der Waals surface area contributed by atoms with Crippen LogP contribution in [0.2, 0.25) is 0 Å². The number of carbonyl (C=O) groups excluding carboxylic acids is 2. The van der Waals surface area contributed by atoms with Crippen molar-refractivity contribution in [2.75, 3.05) is 5.32 Å². The Labute approximate surface area is 152 Å². The SMILES string of the molecule is Cc1ccc(NC(=O)[C@@H](C)OC(=O)c2cc(C)nc3ccccc23)cc1. The molecule has 1 aromatic heterocycles. The van der Waals surface area contributed by atoms with Crippen molar-refractivity contribution in [3.63, 3.8) is 0 Å². The summed E-state index contributed by atoms with van der Waals surface area (Å²) in [5.74, 6) is -0.921. The molecule has 0 saturated heterocycles. The zero-order valence-electron chi connectivity index (χ0n) is 14.9. The van der Waals surface area contributed by atoms with Crippen LogP contribution in [-0.2, 0) is 9.53 Å². The van der Waals surface area contributed by atoms with Crippen LogP contribution in [0.5, 0.6) is 0 Å². The van der Waals surface area contributed by atoms with Crippen LogP contribution in [0.15, 0.2) is 54.6 Å². The minimum atomic E-state index is -0.920. The zero-order valence-corrected chi connectivity index (χ0v) is 14.9. The first-order valence-electron chi connectivity index (χ1n) is 8.39. The predicted molar refractivity (Wildman–Crippen MR) is 101 cm³/mol. The van der Waals surface area contributed by atoms with Gasteiger partial charge in [-0.2, -0.15) is 0 Å². The highest BCUT2D eigenvalue weighted by atomic mass is 16.5. The van der Waals surface area contributed by atoms with Crippen LogP contribution < -0.4 is 5.32 Å². The molecule has 26 heavy (non-hydrogen) atoms. The number of rotatable bonds is 4. The Morgan fingerprint density at radius 1 is 1.04 bits per heavy atom. The molecule has 3 rings (SSSR count). The van der Waals surface area contributed by atoms with E-state index in [-0.39, 0.29) is 5.91 Å². The molecule has 0 radical (unpaired) electrons. The number of pyridine rings is 1. The van der Waals surface area contributed by atoms with Gasteiger partial charge in [-0.05, 0) is 45.0 Å². The Kier molecular flexibility index (Phi) is 4.98. The maximum Gasteiger partial charge on any atom is 0.339 e. The van der Waals surface area contributed by atoms with E-state index in [4.69, 9.17) is 4.74 Å². The van der Waals surface area contributed by atoms with Crippen LogP contribution in [0, 0.1) is 13.8 Å². The van der Waals surface area contributed by atoms with Crippen LogP contribution in [0.3, 0.4) is 0 Å². The van der Waals surface area contributed by atoms with E-state index in [1.807, 2.05) is 62.4 Å². The van der Waals surface area contributed by atoms with Crippen LogP contribution in [0.4, 0.5) is 5.69 Å². The van der Waals surface area contributed by atoms with Gasteiger partial charge in [0, 0.05) is 16.8 Å². The van der Waals surface area contributed by atoms with E-state index in [0.29, 0.717) is 22.3 Å². The molecule has 0 bridgehead atoms. The van der Waals surface area contributed by atoms with E-state index in [9.17, 15) is 9.59 Å². The smallest absolute Gasteiger partial charge is 0.339 e. The number of hydrogen-bond acceptors (Lipinski definition) is 4. The summed E-state index contributed by atoms with van der Waals surface area (Å²) in [5.41, 5.74) is 3.60. The third-order valence-corrected chi connectivity index (χ3v) is 4.04. The number of anilines is 1. The highest BCUT2D eigenvalue weighted by Crippen LogP contribution is 2.20. The van der Waals surface area contributed by atoms with Gasteiger partial charge in [-0.3, -0.25) is 9.78 Å². The van der Waals surface area contributed by atoms with Gasteiger partial charge in [0.05, 0.1) is 11.1 Å². The number of carbonyl (C=O) groups is 2. The number of fused-ring (bicyclic) bond motifs is 1. The summed E-state index contributed by atoms with van der Waals surface area (Å²) < 4.78 is 5.38. The standard InChI is InChI=1S/C21H20N2O3/c1-13-8-10-16(11-9-13)23-20(24)15(3)26-21(25)18-12-14(2)22-19-7-5-4-6-17(18)19/h4-12,15H,1-3H3,(H,23,24)/t15-/m1/s1. The van der Waals surface area contributed by atoms with Crippen LogP contribution in [0.25, 0.3) is 10.9 Å². The van der Waals surface area contributed by atoms with Crippen LogP contribution in [0.1, 0.15) is 28.5 Å². The molecule has 2 aromatic carbocycles. The van der Waals surface area contributed by atoms with Gasteiger partial charge >= 0.3 is 5.97 Å². The van der Waals surface area contributed by atoms with Crippen molar-refractivity contribution in [2.24, 2.45) is 0 Å². The van der Waals surface area contributed by atoms with Gasteiger partial charge in [-0.1, -0.05) is 35.9 Å². The van der Waals surface area contributed by atoms with Crippen molar-refractivity contribution in [3.8, 4) is 0 Å². The Balaban J connectivity index is 1.75. The lowest BCUT2D eigenvalue weighted by Gasteiger charge is -2.15. The normalized spacial score (nSPS) is 11.8. The number of benzene rings is 2. The van der Waals surface area contributed by atoms with Gasteiger partial charge in [0.2, 0.25) is 0 Å². The van der Waals surface area contributed by atoms with Crippen molar-refractivity contribution >= 4 is 28.5 Å². The van der Waals surface area contributed by atoms with Gasteiger partial charge in [0.1, 0.15) is 0 Å². The highest BCUT2D eigenvalue weighted by molar-refractivity contribution is 6.05. The lowest BCUT2D eigenvalue weighted by atomic mass is 10.1. The molecule has 132 valence electrons. The maximum absolute atomic E-state index is 12.6. The zero-order chi connectivity index (χ0) is 18.7. The second-order valence-electron chi connectivity index (χ2n) is 6.23. The fourth-order valence-corrected chi connectivity index (χ4v) is 2.64. The number of aromatic nitrogens is 1. The second-order valence-corrected chi connectivity index (χ2v) is 6.23. The van der Waals surface area contributed by atoms with Gasteiger partial charge in [-0.15, -0.1) is 0 Å². The van der Waals surface area contributed by atoms with E-state index >= 15 is 0 Å². The van der Waals surface area contributed by atoms with E-state index in [0.717, 1.165) is 11.1 Å². The summed E-state index contributed by atoms with van der Waals surface area (Å²) in [4.78, 5) is 29.3.